The summed E-state index contributed by atoms with van der Waals surface area (Å²) in [5, 5.41) is 8.22. The van der Waals surface area contributed by atoms with Gasteiger partial charge in [0.25, 0.3) is 0 Å². The fourth-order valence-corrected chi connectivity index (χ4v) is 5.80. The number of halogens is 3. The van der Waals surface area contributed by atoms with E-state index < -0.39 is 11.7 Å². The molecule has 1 aliphatic carbocycles. The number of alkyl halides is 3. The van der Waals surface area contributed by atoms with Crippen LogP contribution >= 0.6 is 0 Å². The SMILES string of the molecule is Cc1cc(CNC[C@H]2CC[C@@H](Nc3nc(N(C)C)c4ccccc4n3)CC2)c(C)n1-c1cccc(C(F)(F)F)c1. The molecule has 0 bridgehead atoms. The lowest BCUT2D eigenvalue weighted by molar-refractivity contribution is -0.137. The van der Waals surface area contributed by atoms with Crippen LogP contribution in [-0.2, 0) is 12.7 Å². The summed E-state index contributed by atoms with van der Waals surface area (Å²) < 4.78 is 41.6. The highest BCUT2D eigenvalue weighted by atomic mass is 19.4. The maximum absolute atomic E-state index is 13.2. The first-order valence-corrected chi connectivity index (χ1v) is 13.9. The first-order valence-electron chi connectivity index (χ1n) is 13.9. The van der Waals surface area contributed by atoms with E-state index in [2.05, 4.69) is 22.8 Å². The normalized spacial score (nSPS) is 17.8. The molecule has 212 valence electrons. The van der Waals surface area contributed by atoms with Crippen molar-refractivity contribution >= 4 is 22.7 Å². The molecule has 9 heteroatoms. The molecule has 0 aliphatic heterocycles. The van der Waals surface area contributed by atoms with Gasteiger partial charge in [-0.1, -0.05) is 18.2 Å². The summed E-state index contributed by atoms with van der Waals surface area (Å²) in [6.07, 6.45) is -0.0145. The smallest absolute Gasteiger partial charge is 0.362 e. The Balaban J connectivity index is 1.15. The van der Waals surface area contributed by atoms with E-state index in [1.165, 1.54) is 12.1 Å². The highest BCUT2D eigenvalue weighted by Gasteiger charge is 2.30. The summed E-state index contributed by atoms with van der Waals surface area (Å²) in [6.45, 7) is 5.51. The Bertz CT molecular complexity index is 1470. The van der Waals surface area contributed by atoms with E-state index in [0.29, 0.717) is 30.1 Å². The largest absolute Gasteiger partial charge is 0.416 e. The summed E-state index contributed by atoms with van der Waals surface area (Å²) in [4.78, 5) is 11.6. The van der Waals surface area contributed by atoms with Crippen molar-refractivity contribution in [2.24, 2.45) is 5.92 Å². The van der Waals surface area contributed by atoms with Gasteiger partial charge in [-0.2, -0.15) is 18.2 Å². The van der Waals surface area contributed by atoms with Crippen LogP contribution in [0.25, 0.3) is 16.6 Å². The Morgan fingerprint density at radius 1 is 0.950 bits per heavy atom. The maximum Gasteiger partial charge on any atom is 0.416 e. The van der Waals surface area contributed by atoms with Crippen molar-refractivity contribution in [3.8, 4) is 5.69 Å². The topological polar surface area (TPSA) is 58.0 Å². The first-order chi connectivity index (χ1) is 19.1. The van der Waals surface area contributed by atoms with Gasteiger partial charge in [0.1, 0.15) is 5.82 Å². The van der Waals surface area contributed by atoms with Gasteiger partial charge >= 0.3 is 6.18 Å². The number of anilines is 2. The lowest BCUT2D eigenvalue weighted by Gasteiger charge is -2.29. The molecular formula is C31H37F3N6. The van der Waals surface area contributed by atoms with Crippen LogP contribution in [-0.4, -0.2) is 41.2 Å². The number of fused-ring (bicyclic) bond motifs is 1. The summed E-state index contributed by atoms with van der Waals surface area (Å²) in [6, 6.07) is 16.0. The van der Waals surface area contributed by atoms with Crippen molar-refractivity contribution in [1.29, 1.82) is 0 Å². The molecule has 5 rings (SSSR count). The molecule has 0 amide bonds. The molecule has 2 N–H and O–H groups in total. The Morgan fingerprint density at radius 3 is 2.42 bits per heavy atom. The van der Waals surface area contributed by atoms with Crippen LogP contribution < -0.4 is 15.5 Å². The van der Waals surface area contributed by atoms with Crippen LogP contribution in [0.5, 0.6) is 0 Å². The van der Waals surface area contributed by atoms with Crippen LogP contribution in [0.3, 0.4) is 0 Å². The second kappa shape index (κ2) is 11.5. The minimum Gasteiger partial charge on any atom is -0.362 e. The van der Waals surface area contributed by atoms with Crippen LogP contribution in [0.2, 0.25) is 0 Å². The quantitative estimate of drug-likeness (QED) is 0.250. The van der Waals surface area contributed by atoms with Gasteiger partial charge < -0.3 is 20.1 Å². The van der Waals surface area contributed by atoms with E-state index in [1.807, 2.05) is 55.6 Å². The standard InChI is InChI=1S/C31H37F3N6/c1-20-16-23(21(2)40(20)26-9-7-8-24(17-26)31(32,33)34)19-35-18-22-12-14-25(15-13-22)36-30-37-28-11-6-5-10-27(28)29(38-30)39(3)4/h5-11,16-17,22,25,35H,12-15,18-19H2,1-4H3,(H,36,37,38)/t22-,25+. The van der Waals surface area contributed by atoms with E-state index >= 15 is 0 Å². The Morgan fingerprint density at radius 2 is 1.70 bits per heavy atom. The van der Waals surface area contributed by atoms with Crippen LogP contribution in [0.4, 0.5) is 24.9 Å². The van der Waals surface area contributed by atoms with E-state index in [0.717, 1.165) is 72.0 Å². The molecule has 6 nitrogen and oxygen atoms in total. The highest BCUT2D eigenvalue weighted by Crippen LogP contribution is 2.32. The molecule has 0 unspecified atom stereocenters. The molecule has 2 heterocycles. The number of nitrogens with one attached hydrogen (secondary N) is 2. The zero-order valence-electron chi connectivity index (χ0n) is 23.5. The first kappa shape index (κ1) is 28.0. The minimum atomic E-state index is -4.36. The molecule has 0 radical (unpaired) electrons. The molecule has 2 aromatic carbocycles. The van der Waals surface area contributed by atoms with Gasteiger partial charge in [-0.3, -0.25) is 0 Å². The molecular weight excluding hydrogens is 513 g/mol. The van der Waals surface area contributed by atoms with Gasteiger partial charge in [0.05, 0.1) is 11.1 Å². The van der Waals surface area contributed by atoms with Gasteiger partial charge in [-0.15, -0.1) is 0 Å². The summed E-state index contributed by atoms with van der Waals surface area (Å²) in [7, 11) is 4.00. The Hall–Kier alpha value is -3.59. The molecule has 0 atom stereocenters. The van der Waals surface area contributed by atoms with Crippen LogP contribution in [0.1, 0.15) is 48.2 Å². The lowest BCUT2D eigenvalue weighted by Crippen LogP contribution is -2.31. The third kappa shape index (κ3) is 6.09. The number of nitrogens with zero attached hydrogens (tertiary/aromatic N) is 4. The highest BCUT2D eigenvalue weighted by molar-refractivity contribution is 5.90. The third-order valence-electron chi connectivity index (χ3n) is 7.90. The average Bonchev–Trinajstić information content (AvgIpc) is 3.21. The molecule has 1 fully saturated rings. The molecule has 1 saturated carbocycles. The van der Waals surface area contributed by atoms with Crippen molar-refractivity contribution in [2.75, 3.05) is 30.9 Å². The van der Waals surface area contributed by atoms with Crippen molar-refractivity contribution in [3.05, 3.63) is 77.1 Å². The van der Waals surface area contributed by atoms with Crippen molar-refractivity contribution in [2.45, 2.75) is 58.3 Å². The van der Waals surface area contributed by atoms with Crippen LogP contribution in [0.15, 0.2) is 54.6 Å². The van der Waals surface area contributed by atoms with E-state index in [9.17, 15) is 13.2 Å². The molecule has 2 aromatic heterocycles. The monoisotopic (exact) mass is 550 g/mol. The summed E-state index contributed by atoms with van der Waals surface area (Å²) >= 11 is 0. The number of aromatic nitrogens is 3. The van der Waals surface area contributed by atoms with Gasteiger partial charge in [-0.25, -0.2) is 4.98 Å². The van der Waals surface area contributed by atoms with Crippen molar-refractivity contribution < 1.29 is 13.2 Å². The van der Waals surface area contributed by atoms with E-state index in [-0.39, 0.29) is 0 Å². The summed E-state index contributed by atoms with van der Waals surface area (Å²) in [5.41, 5.74) is 3.84. The Kier molecular flexibility index (Phi) is 8.03. The van der Waals surface area contributed by atoms with Gasteiger partial charge in [0, 0.05) is 49.1 Å². The van der Waals surface area contributed by atoms with Crippen LogP contribution in [0, 0.1) is 19.8 Å². The van der Waals surface area contributed by atoms with Gasteiger partial charge in [0.2, 0.25) is 5.95 Å². The summed E-state index contributed by atoms with van der Waals surface area (Å²) in [5.74, 6) is 2.18. The third-order valence-corrected chi connectivity index (χ3v) is 7.90. The van der Waals surface area contributed by atoms with Gasteiger partial charge in [0.15, 0.2) is 0 Å². The predicted molar refractivity (Wildman–Crippen MR) is 155 cm³/mol. The molecule has 40 heavy (non-hydrogen) atoms. The fourth-order valence-electron chi connectivity index (χ4n) is 5.80. The molecule has 4 aromatic rings. The molecule has 0 saturated heterocycles. The fraction of sp³-hybridized carbons (Fsp3) is 0.419. The second-order valence-corrected chi connectivity index (χ2v) is 11.1. The minimum absolute atomic E-state index is 0.346. The lowest BCUT2D eigenvalue weighted by atomic mass is 9.86. The number of aryl methyl sites for hydroxylation is 1. The maximum atomic E-state index is 13.2. The predicted octanol–water partition coefficient (Wildman–Crippen LogP) is 6.88. The van der Waals surface area contributed by atoms with Crippen molar-refractivity contribution in [1.82, 2.24) is 19.9 Å². The van der Waals surface area contributed by atoms with Crippen molar-refractivity contribution in [3.63, 3.8) is 0 Å². The zero-order valence-corrected chi connectivity index (χ0v) is 23.5. The number of hydrogen-bond acceptors (Lipinski definition) is 5. The van der Waals surface area contributed by atoms with E-state index in [4.69, 9.17) is 9.97 Å². The second-order valence-electron chi connectivity index (χ2n) is 11.1. The molecule has 1 aliphatic rings. The molecule has 0 spiro atoms. The average molecular weight is 551 g/mol. The van der Waals surface area contributed by atoms with Gasteiger partial charge in [-0.05, 0) is 94.0 Å². The number of rotatable bonds is 8. The Labute approximate surface area is 233 Å². The number of benzene rings is 2. The number of hydrogen-bond donors (Lipinski definition) is 2. The zero-order chi connectivity index (χ0) is 28.4. The van der Waals surface area contributed by atoms with E-state index in [1.54, 1.807) is 6.07 Å². The number of para-hydroxylation sites is 1.